The van der Waals surface area contributed by atoms with Crippen molar-refractivity contribution in [3.8, 4) is 6.07 Å². The van der Waals surface area contributed by atoms with Gasteiger partial charge < -0.3 is 4.90 Å². The Morgan fingerprint density at radius 3 is 2.58 bits per heavy atom. The number of nitrogens with zero attached hydrogens (tertiary/aromatic N) is 2. The molecule has 1 amide bonds. The highest BCUT2D eigenvalue weighted by atomic mass is 19.1. The first-order chi connectivity index (χ1) is 9.10. The first kappa shape index (κ1) is 14.8. The first-order valence-corrected chi connectivity index (χ1v) is 5.88. The van der Waals surface area contributed by atoms with Gasteiger partial charge in [-0.2, -0.15) is 5.26 Å². The Morgan fingerprint density at radius 2 is 2.05 bits per heavy atom. The summed E-state index contributed by atoms with van der Waals surface area (Å²) in [6, 6.07) is 5.37. The number of rotatable bonds is 5. The predicted octanol–water partition coefficient (Wildman–Crippen LogP) is 2.74. The second-order valence-corrected chi connectivity index (χ2v) is 3.89. The SMILES string of the molecule is CCCN(CC#N)C(=O)/C=C/c1c(F)cccc1F. The number of benzene rings is 1. The number of nitriles is 1. The molecule has 0 unspecified atom stereocenters. The Hall–Kier alpha value is -2.22. The molecule has 0 heterocycles. The maximum Gasteiger partial charge on any atom is 0.247 e. The van der Waals surface area contributed by atoms with E-state index in [9.17, 15) is 13.6 Å². The molecule has 0 N–H and O–H groups in total. The minimum Gasteiger partial charge on any atom is -0.326 e. The lowest BCUT2D eigenvalue weighted by molar-refractivity contribution is -0.125. The van der Waals surface area contributed by atoms with Gasteiger partial charge in [0, 0.05) is 18.2 Å². The average Bonchev–Trinajstić information content (AvgIpc) is 2.37. The molecule has 0 saturated heterocycles. The number of hydrogen-bond donors (Lipinski definition) is 0. The van der Waals surface area contributed by atoms with Crippen LogP contribution in [-0.2, 0) is 4.79 Å². The van der Waals surface area contributed by atoms with Gasteiger partial charge in [-0.1, -0.05) is 13.0 Å². The summed E-state index contributed by atoms with van der Waals surface area (Å²) < 4.78 is 26.7. The molecule has 0 aliphatic rings. The molecule has 1 rings (SSSR count). The summed E-state index contributed by atoms with van der Waals surface area (Å²) in [4.78, 5) is 13.1. The van der Waals surface area contributed by atoms with Crippen LogP contribution in [0.1, 0.15) is 18.9 Å². The van der Waals surface area contributed by atoms with E-state index in [1.807, 2.05) is 13.0 Å². The van der Waals surface area contributed by atoms with Crippen LogP contribution in [0.15, 0.2) is 24.3 Å². The van der Waals surface area contributed by atoms with Gasteiger partial charge in [0.1, 0.15) is 18.2 Å². The third kappa shape index (κ3) is 4.18. The lowest BCUT2D eigenvalue weighted by atomic mass is 10.2. The fourth-order valence-electron chi connectivity index (χ4n) is 1.55. The minimum atomic E-state index is -0.730. The van der Waals surface area contributed by atoms with Gasteiger partial charge in [-0.25, -0.2) is 8.78 Å². The van der Waals surface area contributed by atoms with Crippen molar-refractivity contribution in [2.75, 3.05) is 13.1 Å². The molecule has 5 heteroatoms. The highest BCUT2D eigenvalue weighted by Crippen LogP contribution is 2.13. The third-order valence-corrected chi connectivity index (χ3v) is 2.46. The van der Waals surface area contributed by atoms with E-state index in [4.69, 9.17) is 5.26 Å². The van der Waals surface area contributed by atoms with Crippen LogP contribution in [0, 0.1) is 23.0 Å². The predicted molar refractivity (Wildman–Crippen MR) is 67.9 cm³/mol. The second-order valence-electron chi connectivity index (χ2n) is 3.89. The third-order valence-electron chi connectivity index (χ3n) is 2.46. The maximum absolute atomic E-state index is 13.3. The van der Waals surface area contributed by atoms with Gasteiger partial charge in [-0.3, -0.25) is 4.79 Å². The van der Waals surface area contributed by atoms with Crippen LogP contribution < -0.4 is 0 Å². The van der Waals surface area contributed by atoms with Crippen LogP contribution in [-0.4, -0.2) is 23.9 Å². The van der Waals surface area contributed by atoms with Crippen molar-refractivity contribution in [1.29, 1.82) is 5.26 Å². The molecule has 0 atom stereocenters. The topological polar surface area (TPSA) is 44.1 Å². The molecule has 0 saturated carbocycles. The fraction of sp³-hybridized carbons (Fsp3) is 0.286. The van der Waals surface area contributed by atoms with Crippen molar-refractivity contribution in [3.63, 3.8) is 0 Å². The fourth-order valence-corrected chi connectivity index (χ4v) is 1.55. The number of carbonyl (C=O) groups excluding carboxylic acids is 1. The minimum absolute atomic E-state index is 0.0449. The summed E-state index contributed by atoms with van der Waals surface area (Å²) in [5.41, 5.74) is -0.260. The number of carbonyl (C=O) groups is 1. The van der Waals surface area contributed by atoms with Gasteiger partial charge in [-0.15, -0.1) is 0 Å². The summed E-state index contributed by atoms with van der Waals surface area (Å²) in [6.45, 7) is 2.26. The molecule has 0 spiro atoms. The van der Waals surface area contributed by atoms with Crippen LogP contribution in [0.25, 0.3) is 6.08 Å². The Bertz CT molecular complexity index is 500. The Balaban J connectivity index is 2.85. The Labute approximate surface area is 110 Å². The van der Waals surface area contributed by atoms with E-state index < -0.39 is 17.5 Å². The van der Waals surface area contributed by atoms with E-state index in [0.29, 0.717) is 13.0 Å². The van der Waals surface area contributed by atoms with Gasteiger partial charge >= 0.3 is 0 Å². The van der Waals surface area contributed by atoms with Crippen LogP contribution in [0.3, 0.4) is 0 Å². The van der Waals surface area contributed by atoms with Crippen LogP contribution in [0.5, 0.6) is 0 Å². The van der Waals surface area contributed by atoms with Gasteiger partial charge in [0.15, 0.2) is 0 Å². The molecule has 100 valence electrons. The molecular formula is C14H14F2N2O. The van der Waals surface area contributed by atoms with Gasteiger partial charge in [0.05, 0.1) is 6.07 Å². The van der Waals surface area contributed by atoms with E-state index >= 15 is 0 Å². The van der Waals surface area contributed by atoms with Gasteiger partial charge in [-0.05, 0) is 24.6 Å². The number of halogens is 2. The van der Waals surface area contributed by atoms with E-state index in [0.717, 1.165) is 24.3 Å². The zero-order valence-corrected chi connectivity index (χ0v) is 10.6. The van der Waals surface area contributed by atoms with Crippen molar-refractivity contribution < 1.29 is 13.6 Å². The molecule has 19 heavy (non-hydrogen) atoms. The average molecular weight is 264 g/mol. The van der Waals surface area contributed by atoms with E-state index in [1.165, 1.54) is 11.0 Å². The van der Waals surface area contributed by atoms with E-state index in [1.54, 1.807) is 0 Å². The van der Waals surface area contributed by atoms with Crippen LogP contribution in [0.4, 0.5) is 8.78 Å². The molecule has 1 aromatic rings. The summed E-state index contributed by atoms with van der Waals surface area (Å²) in [6.07, 6.45) is 2.87. The van der Waals surface area contributed by atoms with Crippen molar-refractivity contribution in [2.24, 2.45) is 0 Å². The van der Waals surface area contributed by atoms with Crippen molar-refractivity contribution in [3.05, 3.63) is 41.5 Å². The highest BCUT2D eigenvalue weighted by Gasteiger charge is 2.10. The summed E-state index contributed by atoms with van der Waals surface area (Å²) in [5.74, 6) is -1.90. The van der Waals surface area contributed by atoms with Gasteiger partial charge in [0.2, 0.25) is 5.91 Å². The molecule has 0 radical (unpaired) electrons. The highest BCUT2D eigenvalue weighted by molar-refractivity contribution is 5.92. The standard InChI is InChI=1S/C14H14F2N2O/c1-2-9-18(10-8-17)14(19)7-6-11-12(15)4-3-5-13(11)16/h3-7H,2,9-10H2,1H3/b7-6+. The first-order valence-electron chi connectivity index (χ1n) is 5.88. The molecule has 0 aromatic heterocycles. The molecule has 0 aliphatic heterocycles. The monoisotopic (exact) mass is 264 g/mol. The lowest BCUT2D eigenvalue weighted by Crippen LogP contribution is -2.30. The smallest absolute Gasteiger partial charge is 0.247 e. The second kappa shape index (κ2) is 7.27. The van der Waals surface area contributed by atoms with Crippen molar-refractivity contribution >= 4 is 12.0 Å². The summed E-state index contributed by atoms with van der Waals surface area (Å²) in [5, 5.41) is 8.60. The summed E-state index contributed by atoms with van der Waals surface area (Å²) in [7, 11) is 0. The molecule has 0 aliphatic carbocycles. The van der Waals surface area contributed by atoms with Crippen LogP contribution in [0.2, 0.25) is 0 Å². The molecule has 0 bridgehead atoms. The molecular weight excluding hydrogens is 250 g/mol. The quantitative estimate of drug-likeness (QED) is 0.606. The Kier molecular flexibility index (Phi) is 5.68. The normalized spacial score (nSPS) is 10.4. The lowest BCUT2D eigenvalue weighted by Gasteiger charge is -2.16. The van der Waals surface area contributed by atoms with Crippen molar-refractivity contribution in [2.45, 2.75) is 13.3 Å². The van der Waals surface area contributed by atoms with Crippen molar-refractivity contribution in [1.82, 2.24) is 4.90 Å². The van der Waals surface area contributed by atoms with Crippen LogP contribution >= 0.6 is 0 Å². The van der Waals surface area contributed by atoms with E-state index in [2.05, 4.69) is 0 Å². The maximum atomic E-state index is 13.3. The largest absolute Gasteiger partial charge is 0.326 e. The van der Waals surface area contributed by atoms with Gasteiger partial charge in [0.25, 0.3) is 0 Å². The van der Waals surface area contributed by atoms with E-state index in [-0.39, 0.29) is 12.1 Å². The zero-order valence-electron chi connectivity index (χ0n) is 10.6. The number of hydrogen-bond acceptors (Lipinski definition) is 2. The molecule has 0 fully saturated rings. The zero-order chi connectivity index (χ0) is 14.3. The molecule has 3 nitrogen and oxygen atoms in total. The number of amides is 1. The molecule has 1 aromatic carbocycles. The Morgan fingerprint density at radius 1 is 1.42 bits per heavy atom. The summed E-state index contributed by atoms with van der Waals surface area (Å²) >= 11 is 0.